The summed E-state index contributed by atoms with van der Waals surface area (Å²) >= 11 is 30.5. The summed E-state index contributed by atoms with van der Waals surface area (Å²) in [6.45, 7) is 10.2. The molecule has 15 aromatic heterocycles. The molecule has 0 amide bonds. The summed E-state index contributed by atoms with van der Waals surface area (Å²) in [5.74, 6) is -1.42. The number of fused-ring (bicyclic) bond motifs is 5. The van der Waals surface area contributed by atoms with Crippen LogP contribution in [0, 0.1) is 5.92 Å². The zero-order valence-corrected chi connectivity index (χ0v) is 77.7. The van der Waals surface area contributed by atoms with Crippen LogP contribution in [0.2, 0.25) is 25.1 Å². The summed E-state index contributed by atoms with van der Waals surface area (Å²) in [5, 5.41) is 81.6. The fourth-order valence-electron chi connectivity index (χ4n) is 16.5. The van der Waals surface area contributed by atoms with Gasteiger partial charge in [-0.25, -0.2) is 71.5 Å². The fraction of sp³-hybridized carbons (Fsp3) is 0.330. The van der Waals surface area contributed by atoms with E-state index in [1.807, 2.05) is 51.1 Å². The van der Waals surface area contributed by atoms with Gasteiger partial charge in [0.05, 0.1) is 145 Å². The molecule has 30 nitrogen and oxygen atoms in total. The van der Waals surface area contributed by atoms with E-state index in [9.17, 15) is 49.5 Å². The standard InChI is InChI=1S/C21H22ClN3O3.C20H20ClN3O3.2C19H20ClN3O3.C18H16ClN3O3/c1-28-21(27)16-9-5-8-15(23-16)20(26)18-17-11-10-14(22)12-25(17)24-19(18)13-6-3-2-4-7-13;1-27-20(26)15-8-4-7-14(22-15)19(25)17-16-10-9-13(21)11-24(16)23-18(17)12-5-2-3-6-12;1-19(2,3)17-15(14-9-8-11(20)10-23(14)22-17)16(24)12-6-5-7-13(21-12)18(25)26-4;1-11(2)9-15-17(16-8-7-12(20)10-23(16)22-15)18(24)13-5-4-6-14(21-13)19(25)26-3;1-25-18(24)13-4-2-3-12(20-13)17(23)15-14-8-7-11(19)9-22(14)21-16(15)10-5-6-10/h5,8-13,20,26H,2-4,6-7H2,1H3;4,7-12,19,25H,2-3,5-6H2,1H3;5-10,16,24H,1-4H3;4-8,10-11,18,24H,9H2,1-3H3;2-4,7-10,17,23H,5-6H2,1H3. The monoisotopic (exact) mass is 1890 g/mol. The normalized spacial score (nSPS) is 14.6. The third-order valence-corrected chi connectivity index (χ3v) is 24.0. The third-order valence-electron chi connectivity index (χ3n) is 22.9. The first-order valence-corrected chi connectivity index (χ1v) is 44.8. The van der Waals surface area contributed by atoms with Gasteiger partial charge in [0.25, 0.3) is 0 Å². The Morgan fingerprint density at radius 3 is 0.848 bits per heavy atom. The van der Waals surface area contributed by atoms with Crippen molar-refractivity contribution in [2.24, 2.45) is 5.92 Å². The SMILES string of the molecule is COC(=O)c1cccc(C(O)c2c(C(C)(C)C)nn3cc(Cl)ccc23)n1.COC(=O)c1cccc(C(O)c2c(C3CC3)nn3cc(Cl)ccc23)n1.COC(=O)c1cccc(C(O)c2c(C3CCCC3)nn3cc(Cl)ccc23)n1.COC(=O)c1cccc(C(O)c2c(C3CCCCC3)nn3cc(Cl)ccc23)n1.COC(=O)c1cccc(C(O)c2c(CC(C)C)nn3cc(Cl)ccc23)n1. The number of pyridine rings is 10. The number of nitrogens with zero attached hydrogens (tertiary/aromatic N) is 15. The van der Waals surface area contributed by atoms with Crippen LogP contribution < -0.4 is 0 Å². The van der Waals surface area contributed by atoms with Gasteiger partial charge in [-0.05, 0) is 172 Å². The lowest BCUT2D eigenvalue weighted by molar-refractivity contribution is 0.0584. The number of ether oxygens (including phenoxy) is 5. The van der Waals surface area contributed by atoms with Crippen molar-refractivity contribution in [1.82, 2.24) is 73.0 Å². The van der Waals surface area contributed by atoms with Crippen LogP contribution >= 0.6 is 58.0 Å². The number of aliphatic hydroxyl groups is 5. The number of methoxy groups -OCH3 is 5. The van der Waals surface area contributed by atoms with Crippen molar-refractivity contribution in [3.8, 4) is 0 Å². The number of carbonyl (C=O) groups is 5. The average molecular weight is 1890 g/mol. The van der Waals surface area contributed by atoms with Crippen molar-refractivity contribution >= 4 is 115 Å². The van der Waals surface area contributed by atoms with Crippen LogP contribution in [0.4, 0.5) is 0 Å². The maximum Gasteiger partial charge on any atom is 0.356 e. The highest BCUT2D eigenvalue weighted by Crippen LogP contribution is 2.46. The Balaban J connectivity index is 0.000000133. The van der Waals surface area contributed by atoms with Crippen LogP contribution in [0.1, 0.15) is 291 Å². The van der Waals surface area contributed by atoms with E-state index in [4.69, 9.17) is 91.9 Å². The van der Waals surface area contributed by atoms with Gasteiger partial charge in [0.2, 0.25) is 0 Å². The Bertz CT molecular complexity index is 6750. The Labute approximate surface area is 784 Å². The molecule has 3 fully saturated rings. The predicted octanol–water partition coefficient (Wildman–Crippen LogP) is 18.3. The predicted molar refractivity (Wildman–Crippen MR) is 495 cm³/mol. The van der Waals surface area contributed by atoms with E-state index >= 15 is 0 Å². The van der Waals surface area contributed by atoms with Gasteiger partial charge in [0, 0.05) is 82.0 Å². The molecule has 3 saturated carbocycles. The molecule has 0 spiro atoms. The second kappa shape index (κ2) is 42.1. The van der Waals surface area contributed by atoms with Gasteiger partial charge in [-0.2, -0.15) is 25.5 Å². The third kappa shape index (κ3) is 21.6. The molecule has 5 unspecified atom stereocenters. The van der Waals surface area contributed by atoms with E-state index in [1.54, 1.807) is 175 Å². The number of esters is 5. The minimum atomic E-state index is -1.05. The van der Waals surface area contributed by atoms with Crippen molar-refractivity contribution in [2.45, 2.75) is 165 Å². The highest BCUT2D eigenvalue weighted by atomic mass is 35.5. The molecule has 0 radical (unpaired) electrons. The molecule has 686 valence electrons. The Morgan fingerprint density at radius 1 is 0.333 bits per heavy atom. The maximum atomic E-state index is 11.8. The van der Waals surface area contributed by atoms with Crippen LogP contribution in [-0.4, -0.2) is 164 Å². The van der Waals surface area contributed by atoms with Crippen LogP contribution in [-0.2, 0) is 35.5 Å². The van der Waals surface area contributed by atoms with E-state index in [1.165, 1.54) is 42.0 Å². The van der Waals surface area contributed by atoms with Crippen LogP contribution in [0.15, 0.2) is 183 Å². The van der Waals surface area contributed by atoms with Gasteiger partial charge in [-0.15, -0.1) is 0 Å². The second-order valence-electron chi connectivity index (χ2n) is 33.6. The quantitative estimate of drug-likeness (QED) is 0.0349. The van der Waals surface area contributed by atoms with E-state index in [0.717, 1.165) is 131 Å². The van der Waals surface area contributed by atoms with Crippen molar-refractivity contribution in [3.63, 3.8) is 0 Å². The Morgan fingerprint density at radius 2 is 0.576 bits per heavy atom. The second-order valence-corrected chi connectivity index (χ2v) is 35.7. The van der Waals surface area contributed by atoms with Gasteiger partial charge >= 0.3 is 29.8 Å². The smallest absolute Gasteiger partial charge is 0.356 e. The maximum absolute atomic E-state index is 11.8. The van der Waals surface area contributed by atoms with E-state index in [2.05, 4.69) is 54.1 Å². The molecule has 18 rings (SSSR count). The largest absolute Gasteiger partial charge is 0.464 e. The first kappa shape index (κ1) is 95.9. The zero-order chi connectivity index (χ0) is 94.1. The lowest BCUT2D eigenvalue weighted by Crippen LogP contribution is -2.17. The molecule has 3 aliphatic rings. The first-order chi connectivity index (χ1) is 63.4. The number of aliphatic hydroxyl groups excluding tert-OH is 5. The molecular formula is C97H98Cl5N15O15. The van der Waals surface area contributed by atoms with Crippen molar-refractivity contribution in [1.29, 1.82) is 0 Å². The molecule has 5 atom stereocenters. The van der Waals surface area contributed by atoms with Gasteiger partial charge in [0.15, 0.2) is 0 Å². The van der Waals surface area contributed by atoms with Gasteiger partial charge in [-0.3, -0.25) is 0 Å². The molecule has 0 aromatic carbocycles. The number of halogens is 5. The average Bonchev–Trinajstić information content (AvgIpc) is 1.61. The molecule has 3 aliphatic carbocycles. The summed E-state index contributed by atoms with van der Waals surface area (Å²) in [6.07, 6.45) is 16.4. The Kier molecular flexibility index (Phi) is 30.6. The summed E-state index contributed by atoms with van der Waals surface area (Å²) in [6, 6.07) is 42.7. The minimum Gasteiger partial charge on any atom is -0.464 e. The lowest BCUT2D eigenvalue weighted by atomic mass is 9.84. The molecule has 15 heterocycles. The molecule has 35 heteroatoms. The molecule has 0 aliphatic heterocycles. The molecule has 0 saturated heterocycles. The number of hydrogen-bond donors (Lipinski definition) is 5. The number of hydrogen-bond acceptors (Lipinski definition) is 25. The van der Waals surface area contributed by atoms with E-state index < -0.39 is 60.4 Å². The summed E-state index contributed by atoms with van der Waals surface area (Å²) in [7, 11) is 6.50. The molecule has 0 bridgehead atoms. The van der Waals surface area contributed by atoms with Gasteiger partial charge in [0.1, 0.15) is 59.0 Å². The topological polar surface area (TPSA) is 384 Å². The molecule has 132 heavy (non-hydrogen) atoms. The number of rotatable bonds is 20. The highest BCUT2D eigenvalue weighted by molar-refractivity contribution is 6.31. The lowest BCUT2D eigenvalue weighted by Gasteiger charge is -2.22. The molecule has 15 aromatic rings. The van der Waals surface area contributed by atoms with Crippen LogP contribution in [0.5, 0.6) is 0 Å². The number of carbonyl (C=O) groups excluding carboxylic acids is 5. The fourth-order valence-corrected chi connectivity index (χ4v) is 17.3. The van der Waals surface area contributed by atoms with Gasteiger partial charge in [-0.1, -0.05) is 155 Å². The first-order valence-electron chi connectivity index (χ1n) is 42.9. The van der Waals surface area contributed by atoms with Crippen molar-refractivity contribution in [2.75, 3.05) is 35.5 Å². The Hall–Kier alpha value is -12.2. The zero-order valence-electron chi connectivity index (χ0n) is 73.9. The van der Waals surface area contributed by atoms with Crippen molar-refractivity contribution < 1.29 is 73.2 Å². The molecule has 5 N–H and O–H groups in total. The van der Waals surface area contributed by atoms with Crippen LogP contribution in [0.25, 0.3) is 27.6 Å². The summed E-state index contributed by atoms with van der Waals surface area (Å²) in [4.78, 5) is 80.2. The molecular weight excluding hydrogens is 1790 g/mol. The van der Waals surface area contributed by atoms with Crippen molar-refractivity contribution in [3.05, 3.63) is 321 Å². The van der Waals surface area contributed by atoms with Crippen LogP contribution in [0.3, 0.4) is 0 Å². The van der Waals surface area contributed by atoms with E-state index in [-0.39, 0.29) is 33.9 Å². The van der Waals surface area contributed by atoms with Gasteiger partial charge < -0.3 is 49.2 Å². The number of aromatic nitrogens is 15. The summed E-state index contributed by atoms with van der Waals surface area (Å²) in [5.41, 5.74) is 13.8. The summed E-state index contributed by atoms with van der Waals surface area (Å²) < 4.78 is 32.1. The van der Waals surface area contributed by atoms with E-state index in [0.29, 0.717) is 100 Å². The highest BCUT2D eigenvalue weighted by Gasteiger charge is 2.37. The minimum absolute atomic E-state index is 0.140.